The lowest BCUT2D eigenvalue weighted by molar-refractivity contribution is -0.137. The van der Waals surface area contributed by atoms with Crippen LogP contribution < -0.4 is 9.47 Å². The van der Waals surface area contributed by atoms with E-state index in [2.05, 4.69) is 10.1 Å². The summed E-state index contributed by atoms with van der Waals surface area (Å²) in [7, 11) is 3.27. The zero-order valence-corrected chi connectivity index (χ0v) is 16.4. The van der Waals surface area contributed by atoms with Crippen LogP contribution in [-0.4, -0.2) is 41.2 Å². The second kappa shape index (κ2) is 8.56. The molecule has 0 aliphatic rings. The molecule has 0 radical (unpaired) electrons. The molecule has 0 aliphatic heterocycles. The molecule has 7 heteroatoms. The van der Waals surface area contributed by atoms with Crippen LogP contribution in [0.15, 0.2) is 53.1 Å². The zero-order chi connectivity index (χ0) is 20.1. The van der Waals surface area contributed by atoms with Crippen molar-refractivity contribution in [3.8, 4) is 22.9 Å². The van der Waals surface area contributed by atoms with Gasteiger partial charge in [-0.1, -0.05) is 28.9 Å². The minimum Gasteiger partial charge on any atom is -0.497 e. The molecule has 0 fully saturated rings. The Hall–Kier alpha value is -3.35. The predicted molar refractivity (Wildman–Crippen MR) is 104 cm³/mol. The van der Waals surface area contributed by atoms with Crippen molar-refractivity contribution >= 4 is 5.91 Å². The van der Waals surface area contributed by atoms with E-state index in [4.69, 9.17) is 14.0 Å². The molecule has 1 aromatic heterocycles. The number of hydrogen-bond acceptors (Lipinski definition) is 6. The van der Waals surface area contributed by atoms with Gasteiger partial charge in [-0.05, 0) is 44.2 Å². The number of aryl methyl sites for hydroxylation is 1. The normalized spacial score (nSPS) is 11.7. The summed E-state index contributed by atoms with van der Waals surface area (Å²) in [4.78, 5) is 18.5. The van der Waals surface area contributed by atoms with E-state index in [-0.39, 0.29) is 12.5 Å². The molecule has 2 aromatic carbocycles. The molecule has 146 valence electrons. The highest BCUT2D eigenvalue weighted by molar-refractivity contribution is 5.80. The second-order valence-corrected chi connectivity index (χ2v) is 6.51. The summed E-state index contributed by atoms with van der Waals surface area (Å²) in [6.45, 7) is 3.91. The average molecular weight is 381 g/mol. The predicted octanol–water partition coefficient (Wildman–Crippen LogP) is 3.48. The first kappa shape index (κ1) is 19.4. The van der Waals surface area contributed by atoms with E-state index in [9.17, 15) is 4.79 Å². The van der Waals surface area contributed by atoms with Gasteiger partial charge in [-0.3, -0.25) is 4.79 Å². The summed E-state index contributed by atoms with van der Waals surface area (Å²) >= 11 is 0. The number of hydrogen-bond donors (Lipinski definition) is 0. The largest absolute Gasteiger partial charge is 0.497 e. The fraction of sp³-hybridized carbons (Fsp3) is 0.286. The van der Waals surface area contributed by atoms with Gasteiger partial charge in [0.25, 0.3) is 5.91 Å². The average Bonchev–Trinajstić information content (AvgIpc) is 3.16. The van der Waals surface area contributed by atoms with Gasteiger partial charge in [0.05, 0.1) is 13.7 Å². The Bertz CT molecular complexity index is 937. The highest BCUT2D eigenvalue weighted by atomic mass is 16.5. The maximum absolute atomic E-state index is 12.6. The fourth-order valence-electron chi connectivity index (χ4n) is 2.72. The molecule has 28 heavy (non-hydrogen) atoms. The SMILES string of the molecule is COc1ccc(O[C@H](C)C(=O)N(C)Cc2nc(-c3cccc(C)c3)no2)cc1. The van der Waals surface area contributed by atoms with Gasteiger partial charge in [-0.2, -0.15) is 4.98 Å². The van der Waals surface area contributed by atoms with Crippen molar-refractivity contribution in [2.45, 2.75) is 26.5 Å². The maximum atomic E-state index is 12.6. The third kappa shape index (κ3) is 4.68. The molecule has 0 saturated heterocycles. The first-order valence-corrected chi connectivity index (χ1v) is 8.91. The highest BCUT2D eigenvalue weighted by Gasteiger charge is 2.21. The molecule has 0 aliphatic carbocycles. The molecule has 1 atom stereocenters. The van der Waals surface area contributed by atoms with Gasteiger partial charge < -0.3 is 18.9 Å². The first-order chi connectivity index (χ1) is 13.5. The maximum Gasteiger partial charge on any atom is 0.263 e. The number of methoxy groups -OCH3 is 1. The molecule has 0 N–H and O–H groups in total. The van der Waals surface area contributed by atoms with Gasteiger partial charge in [0.2, 0.25) is 11.7 Å². The van der Waals surface area contributed by atoms with Gasteiger partial charge in [-0.25, -0.2) is 0 Å². The molecular formula is C21H23N3O4. The number of likely N-dealkylation sites (N-methyl/N-ethyl adjacent to an activating group) is 1. The number of rotatable bonds is 7. The van der Waals surface area contributed by atoms with Crippen molar-refractivity contribution < 1.29 is 18.8 Å². The van der Waals surface area contributed by atoms with Crippen molar-refractivity contribution in [1.29, 1.82) is 0 Å². The number of aromatic nitrogens is 2. The number of amides is 1. The lowest BCUT2D eigenvalue weighted by atomic mass is 10.1. The van der Waals surface area contributed by atoms with Crippen LogP contribution in [0.3, 0.4) is 0 Å². The minimum atomic E-state index is -0.655. The Labute approximate surface area is 163 Å². The Morgan fingerprint density at radius 1 is 1.18 bits per heavy atom. The number of nitrogens with zero attached hydrogens (tertiary/aromatic N) is 3. The Kier molecular flexibility index (Phi) is 5.93. The van der Waals surface area contributed by atoms with Crippen molar-refractivity contribution in [2.24, 2.45) is 0 Å². The van der Waals surface area contributed by atoms with Gasteiger partial charge in [-0.15, -0.1) is 0 Å². The van der Waals surface area contributed by atoms with E-state index in [0.29, 0.717) is 17.5 Å². The summed E-state index contributed by atoms with van der Waals surface area (Å²) < 4.78 is 16.1. The summed E-state index contributed by atoms with van der Waals surface area (Å²) in [6.07, 6.45) is -0.655. The first-order valence-electron chi connectivity index (χ1n) is 8.91. The Morgan fingerprint density at radius 2 is 1.89 bits per heavy atom. The smallest absolute Gasteiger partial charge is 0.263 e. The van der Waals surface area contributed by atoms with Crippen LogP contribution in [0.5, 0.6) is 11.5 Å². The quantitative estimate of drug-likeness (QED) is 0.624. The summed E-state index contributed by atoms with van der Waals surface area (Å²) in [5, 5.41) is 4.00. The zero-order valence-electron chi connectivity index (χ0n) is 16.4. The molecule has 7 nitrogen and oxygen atoms in total. The standard InChI is InChI=1S/C21H23N3O4/c1-14-6-5-7-16(12-14)20-22-19(28-23-20)13-24(3)21(25)15(2)27-18-10-8-17(26-4)9-11-18/h5-12,15H,13H2,1-4H3/t15-/m1/s1. The minimum absolute atomic E-state index is 0.189. The van der Waals surface area contributed by atoms with Gasteiger partial charge >= 0.3 is 0 Å². The van der Waals surface area contributed by atoms with E-state index in [1.54, 1.807) is 45.3 Å². The summed E-state index contributed by atoms with van der Waals surface area (Å²) in [6, 6.07) is 14.9. The van der Waals surface area contributed by atoms with Crippen LogP contribution in [0.2, 0.25) is 0 Å². The molecule has 0 bridgehead atoms. The fourth-order valence-corrected chi connectivity index (χ4v) is 2.72. The monoisotopic (exact) mass is 381 g/mol. The van der Waals surface area contributed by atoms with Crippen molar-refractivity contribution in [3.63, 3.8) is 0 Å². The van der Waals surface area contributed by atoms with Crippen molar-refractivity contribution in [3.05, 3.63) is 60.0 Å². The molecule has 1 amide bonds. The van der Waals surface area contributed by atoms with Crippen LogP contribution in [0.4, 0.5) is 0 Å². The van der Waals surface area contributed by atoms with E-state index in [1.807, 2.05) is 31.2 Å². The van der Waals surface area contributed by atoms with E-state index in [0.717, 1.165) is 16.9 Å². The van der Waals surface area contributed by atoms with E-state index < -0.39 is 6.10 Å². The number of carbonyl (C=O) groups excluding carboxylic acids is 1. The second-order valence-electron chi connectivity index (χ2n) is 6.51. The van der Waals surface area contributed by atoms with E-state index in [1.165, 1.54) is 4.90 Å². The lowest BCUT2D eigenvalue weighted by Crippen LogP contribution is -2.37. The molecule has 3 aromatic rings. The van der Waals surface area contributed by atoms with E-state index >= 15 is 0 Å². The number of carbonyl (C=O) groups is 1. The molecule has 1 heterocycles. The third-order valence-corrected chi connectivity index (χ3v) is 4.21. The van der Waals surface area contributed by atoms with Gasteiger partial charge in [0, 0.05) is 12.6 Å². The van der Waals surface area contributed by atoms with Crippen molar-refractivity contribution in [1.82, 2.24) is 15.0 Å². The molecule has 0 unspecified atom stereocenters. The molecule has 3 rings (SSSR count). The molecule has 0 saturated carbocycles. The Balaban J connectivity index is 1.60. The van der Waals surface area contributed by atoms with Gasteiger partial charge in [0.1, 0.15) is 11.5 Å². The topological polar surface area (TPSA) is 77.7 Å². The van der Waals surface area contributed by atoms with Crippen LogP contribution in [0.25, 0.3) is 11.4 Å². The van der Waals surface area contributed by atoms with Crippen LogP contribution in [0, 0.1) is 6.92 Å². The van der Waals surface area contributed by atoms with Crippen molar-refractivity contribution in [2.75, 3.05) is 14.2 Å². The third-order valence-electron chi connectivity index (χ3n) is 4.21. The Morgan fingerprint density at radius 3 is 2.57 bits per heavy atom. The molecular weight excluding hydrogens is 358 g/mol. The lowest BCUT2D eigenvalue weighted by Gasteiger charge is -2.20. The van der Waals surface area contributed by atoms with Crippen LogP contribution in [-0.2, 0) is 11.3 Å². The number of ether oxygens (including phenoxy) is 2. The van der Waals surface area contributed by atoms with Crippen LogP contribution >= 0.6 is 0 Å². The number of benzene rings is 2. The van der Waals surface area contributed by atoms with Gasteiger partial charge in [0.15, 0.2) is 6.10 Å². The molecule has 0 spiro atoms. The summed E-state index contributed by atoms with van der Waals surface area (Å²) in [5.41, 5.74) is 1.99. The summed E-state index contributed by atoms with van der Waals surface area (Å²) in [5.74, 6) is 2.00. The van der Waals surface area contributed by atoms with Crippen LogP contribution in [0.1, 0.15) is 18.4 Å². The highest BCUT2D eigenvalue weighted by Crippen LogP contribution is 2.20.